The van der Waals surface area contributed by atoms with Gasteiger partial charge in [-0.2, -0.15) is 5.10 Å². The predicted octanol–water partition coefficient (Wildman–Crippen LogP) is 1.69. The van der Waals surface area contributed by atoms with Gasteiger partial charge in [-0.1, -0.05) is 15.9 Å². The molecule has 4 nitrogen and oxygen atoms in total. The number of halogens is 2. The lowest BCUT2D eigenvalue weighted by Gasteiger charge is -2.04. The molecule has 0 radical (unpaired) electrons. The van der Waals surface area contributed by atoms with Crippen molar-refractivity contribution in [3.05, 3.63) is 46.2 Å². The van der Waals surface area contributed by atoms with Crippen molar-refractivity contribution in [3.63, 3.8) is 0 Å². The average Bonchev–Trinajstić information content (AvgIpc) is 2.71. The molecule has 0 atom stereocenters. The topological polar surface area (TPSA) is 56.7 Å². The van der Waals surface area contributed by atoms with Crippen LogP contribution in [0.1, 0.15) is 11.4 Å². The summed E-state index contributed by atoms with van der Waals surface area (Å²) < 4.78 is 15.5. The van der Waals surface area contributed by atoms with Crippen molar-refractivity contribution in [3.8, 4) is 0 Å². The van der Waals surface area contributed by atoms with Crippen molar-refractivity contribution in [1.29, 1.82) is 0 Å². The largest absolute Gasteiger partial charge is 0.324 e. The second-order valence-corrected chi connectivity index (χ2v) is 4.15. The van der Waals surface area contributed by atoms with Crippen LogP contribution in [0.3, 0.4) is 0 Å². The molecule has 2 rings (SSSR count). The first-order chi connectivity index (χ1) is 7.69. The van der Waals surface area contributed by atoms with Gasteiger partial charge in [0.15, 0.2) is 5.82 Å². The fourth-order valence-electron chi connectivity index (χ4n) is 1.34. The molecule has 0 aliphatic carbocycles. The molecule has 2 aromatic rings. The highest BCUT2D eigenvalue weighted by atomic mass is 79.9. The zero-order valence-corrected chi connectivity index (χ0v) is 9.98. The summed E-state index contributed by atoms with van der Waals surface area (Å²) in [4.78, 5) is 4.00. The number of rotatable bonds is 3. The quantitative estimate of drug-likeness (QED) is 0.933. The Kier molecular flexibility index (Phi) is 3.31. The molecule has 0 spiro atoms. The minimum absolute atomic E-state index is 0.266. The highest BCUT2D eigenvalue weighted by molar-refractivity contribution is 9.10. The van der Waals surface area contributed by atoms with Gasteiger partial charge in [0, 0.05) is 4.47 Å². The van der Waals surface area contributed by atoms with Gasteiger partial charge in [0.25, 0.3) is 0 Å². The number of benzene rings is 1. The number of hydrogen-bond acceptors (Lipinski definition) is 3. The van der Waals surface area contributed by atoms with Gasteiger partial charge in [-0.15, -0.1) is 0 Å². The van der Waals surface area contributed by atoms with Crippen molar-refractivity contribution in [2.45, 2.75) is 13.1 Å². The van der Waals surface area contributed by atoms with Gasteiger partial charge in [-0.05, 0) is 23.8 Å². The van der Waals surface area contributed by atoms with Crippen molar-refractivity contribution >= 4 is 15.9 Å². The summed E-state index contributed by atoms with van der Waals surface area (Å²) in [6.45, 7) is 0.767. The summed E-state index contributed by atoms with van der Waals surface area (Å²) >= 11 is 3.36. The molecule has 1 aromatic carbocycles. The molecule has 1 heterocycles. The van der Waals surface area contributed by atoms with E-state index in [0.717, 1.165) is 10.0 Å². The maximum atomic E-state index is 13.0. The van der Waals surface area contributed by atoms with Gasteiger partial charge in [0.1, 0.15) is 12.1 Å². The SMILES string of the molecule is NCc1ncn(Cc2cc(F)ccc2Br)n1. The molecule has 2 N–H and O–H groups in total. The van der Waals surface area contributed by atoms with Crippen LogP contribution >= 0.6 is 15.9 Å². The van der Waals surface area contributed by atoms with E-state index < -0.39 is 0 Å². The molecule has 0 aliphatic rings. The molecule has 0 amide bonds. The van der Waals surface area contributed by atoms with E-state index in [4.69, 9.17) is 5.73 Å². The monoisotopic (exact) mass is 284 g/mol. The van der Waals surface area contributed by atoms with Crippen molar-refractivity contribution < 1.29 is 4.39 Å². The van der Waals surface area contributed by atoms with E-state index in [2.05, 4.69) is 26.0 Å². The van der Waals surface area contributed by atoms with Crippen LogP contribution in [-0.4, -0.2) is 14.8 Å². The zero-order valence-electron chi connectivity index (χ0n) is 8.40. The Morgan fingerprint density at radius 1 is 1.44 bits per heavy atom. The minimum Gasteiger partial charge on any atom is -0.324 e. The third kappa shape index (κ3) is 2.45. The summed E-state index contributed by atoms with van der Waals surface area (Å²) in [5.41, 5.74) is 6.22. The summed E-state index contributed by atoms with van der Waals surface area (Å²) in [5, 5.41) is 4.13. The second kappa shape index (κ2) is 4.71. The second-order valence-electron chi connectivity index (χ2n) is 3.30. The Labute approximate surface area is 100 Å². The predicted molar refractivity (Wildman–Crippen MR) is 61.1 cm³/mol. The Bertz CT molecular complexity index is 497. The van der Waals surface area contributed by atoms with E-state index in [1.165, 1.54) is 12.1 Å². The first kappa shape index (κ1) is 11.2. The van der Waals surface area contributed by atoms with E-state index in [1.807, 2.05) is 0 Å². The van der Waals surface area contributed by atoms with Crippen LogP contribution in [0.15, 0.2) is 29.0 Å². The molecule has 84 valence electrons. The van der Waals surface area contributed by atoms with E-state index in [9.17, 15) is 4.39 Å². The van der Waals surface area contributed by atoms with Crippen LogP contribution in [0.5, 0.6) is 0 Å². The molecule has 1 aromatic heterocycles. The van der Waals surface area contributed by atoms with Crippen molar-refractivity contribution in [1.82, 2.24) is 14.8 Å². The molecule has 0 aliphatic heterocycles. The molecule has 0 bridgehead atoms. The standard InChI is InChI=1S/C10H10BrFN4/c11-9-2-1-8(12)3-7(9)5-16-6-14-10(4-13)15-16/h1-3,6H,4-5,13H2. The average molecular weight is 285 g/mol. The van der Waals surface area contributed by atoms with Crippen LogP contribution < -0.4 is 5.73 Å². The molecule has 0 unspecified atom stereocenters. The Balaban J connectivity index is 2.22. The van der Waals surface area contributed by atoms with Gasteiger partial charge < -0.3 is 5.73 Å². The van der Waals surface area contributed by atoms with Crippen molar-refractivity contribution in [2.75, 3.05) is 0 Å². The third-order valence-corrected chi connectivity index (χ3v) is 2.88. The molecular weight excluding hydrogens is 275 g/mol. The molecular formula is C10H10BrFN4. The maximum absolute atomic E-state index is 13.0. The summed E-state index contributed by atoms with van der Waals surface area (Å²) in [7, 11) is 0. The van der Waals surface area contributed by atoms with E-state index in [-0.39, 0.29) is 5.82 Å². The normalized spacial score (nSPS) is 10.7. The summed E-state index contributed by atoms with van der Waals surface area (Å²) in [6.07, 6.45) is 1.58. The molecule has 16 heavy (non-hydrogen) atoms. The lowest BCUT2D eigenvalue weighted by Crippen LogP contribution is -2.04. The lowest BCUT2D eigenvalue weighted by atomic mass is 10.2. The fraction of sp³-hybridized carbons (Fsp3) is 0.200. The molecule has 0 saturated heterocycles. The molecule has 6 heteroatoms. The van der Waals surface area contributed by atoms with Gasteiger partial charge in [0.05, 0.1) is 13.1 Å². The highest BCUT2D eigenvalue weighted by Crippen LogP contribution is 2.18. The summed E-state index contributed by atoms with van der Waals surface area (Å²) in [5.74, 6) is 0.310. The van der Waals surface area contributed by atoms with E-state index in [1.54, 1.807) is 17.1 Å². The van der Waals surface area contributed by atoms with E-state index >= 15 is 0 Å². The van der Waals surface area contributed by atoms with Gasteiger partial charge in [0.2, 0.25) is 0 Å². The maximum Gasteiger partial charge on any atom is 0.164 e. The van der Waals surface area contributed by atoms with Crippen LogP contribution in [-0.2, 0) is 13.1 Å². The highest BCUT2D eigenvalue weighted by Gasteiger charge is 2.04. The van der Waals surface area contributed by atoms with E-state index in [0.29, 0.717) is 18.9 Å². The van der Waals surface area contributed by atoms with Crippen LogP contribution in [0, 0.1) is 5.82 Å². The third-order valence-electron chi connectivity index (χ3n) is 2.11. The van der Waals surface area contributed by atoms with Crippen LogP contribution in [0.2, 0.25) is 0 Å². The number of aromatic nitrogens is 3. The van der Waals surface area contributed by atoms with Gasteiger partial charge in [-0.25, -0.2) is 14.1 Å². The first-order valence-electron chi connectivity index (χ1n) is 4.71. The Hall–Kier alpha value is -1.27. The number of nitrogens with zero attached hydrogens (tertiary/aromatic N) is 3. The summed E-state index contributed by atoms with van der Waals surface area (Å²) in [6, 6.07) is 4.54. The van der Waals surface area contributed by atoms with Crippen LogP contribution in [0.4, 0.5) is 4.39 Å². The van der Waals surface area contributed by atoms with Gasteiger partial charge >= 0.3 is 0 Å². The zero-order chi connectivity index (χ0) is 11.5. The fourth-order valence-corrected chi connectivity index (χ4v) is 1.71. The van der Waals surface area contributed by atoms with Crippen LogP contribution in [0.25, 0.3) is 0 Å². The number of nitrogens with two attached hydrogens (primary N) is 1. The Morgan fingerprint density at radius 3 is 2.94 bits per heavy atom. The Morgan fingerprint density at radius 2 is 2.25 bits per heavy atom. The lowest BCUT2D eigenvalue weighted by molar-refractivity contribution is 0.617. The number of hydrogen-bond donors (Lipinski definition) is 1. The smallest absolute Gasteiger partial charge is 0.164 e. The first-order valence-corrected chi connectivity index (χ1v) is 5.50. The molecule has 0 saturated carbocycles. The van der Waals surface area contributed by atoms with Gasteiger partial charge in [-0.3, -0.25) is 0 Å². The van der Waals surface area contributed by atoms with Crippen molar-refractivity contribution in [2.24, 2.45) is 5.73 Å². The molecule has 0 fully saturated rings. The minimum atomic E-state index is -0.266.